The molecule has 0 amide bonds. The van der Waals surface area contributed by atoms with Gasteiger partial charge in [-0.2, -0.15) is 0 Å². The molecule has 2 aliphatic rings. The maximum Gasteiger partial charge on any atom is 0.194 e. The van der Waals surface area contributed by atoms with Crippen LogP contribution in [0.2, 0.25) is 0 Å². The third-order valence-corrected chi connectivity index (χ3v) is 5.09. The molecule has 1 aliphatic heterocycles. The van der Waals surface area contributed by atoms with Gasteiger partial charge in [0.05, 0.1) is 32.1 Å². The molecule has 6 nitrogen and oxygen atoms in total. The summed E-state index contributed by atoms with van der Waals surface area (Å²) in [5.41, 5.74) is 1.51. The number of aliphatic imine (C=N–C) groups is 1. The molecule has 1 saturated carbocycles. The molecule has 1 N–H and O–H groups in total. The number of benzene rings is 1. The van der Waals surface area contributed by atoms with E-state index in [0.29, 0.717) is 32.1 Å². The number of rotatable bonds is 9. The molecule has 164 valence electrons. The van der Waals surface area contributed by atoms with Crippen LogP contribution in [0.1, 0.15) is 25.3 Å². The van der Waals surface area contributed by atoms with Crippen molar-refractivity contribution in [2.45, 2.75) is 26.3 Å². The Morgan fingerprint density at radius 3 is 2.76 bits per heavy atom. The Morgan fingerprint density at radius 1 is 1.34 bits per heavy atom. The zero-order valence-electron chi connectivity index (χ0n) is 17.5. The number of nitrogens with one attached hydrogen (secondary N) is 1. The summed E-state index contributed by atoms with van der Waals surface area (Å²) in [5.74, 6) is 1.40. The van der Waals surface area contributed by atoms with Gasteiger partial charge in [0.25, 0.3) is 0 Å². The Morgan fingerprint density at radius 2 is 2.10 bits per heavy atom. The minimum atomic E-state index is -0.193. The lowest BCUT2D eigenvalue weighted by Crippen LogP contribution is -2.40. The standard InChI is InChI=1S/C21H33FN4O2.HI/c1-3-23-21(25(2)8-11-28-16-17-4-5-17)24-15-18-6-7-20(19(22)14-18)26-9-12-27-13-10-26;/h6-7,14,17H,3-5,8-13,15-16H2,1-2H3,(H,23,24);1H. The molecular formula is C21H34FIN4O2. The molecule has 0 spiro atoms. The number of likely N-dealkylation sites (N-methyl/N-ethyl adjacent to an activating group) is 1. The number of hydrogen-bond donors (Lipinski definition) is 1. The van der Waals surface area contributed by atoms with Crippen molar-refractivity contribution in [1.29, 1.82) is 0 Å². The first-order valence-corrected chi connectivity index (χ1v) is 10.4. The van der Waals surface area contributed by atoms with Crippen LogP contribution in [-0.2, 0) is 16.0 Å². The van der Waals surface area contributed by atoms with Crippen LogP contribution in [0.5, 0.6) is 0 Å². The average molecular weight is 520 g/mol. The number of morpholine rings is 1. The van der Waals surface area contributed by atoms with Crippen LogP contribution in [0.4, 0.5) is 10.1 Å². The summed E-state index contributed by atoms with van der Waals surface area (Å²) < 4.78 is 25.6. The van der Waals surface area contributed by atoms with Crippen molar-refractivity contribution in [1.82, 2.24) is 10.2 Å². The van der Waals surface area contributed by atoms with E-state index in [2.05, 4.69) is 15.2 Å². The fraction of sp³-hybridized carbons (Fsp3) is 0.667. The second kappa shape index (κ2) is 12.5. The van der Waals surface area contributed by atoms with E-state index in [1.165, 1.54) is 12.8 Å². The fourth-order valence-corrected chi connectivity index (χ4v) is 3.19. The van der Waals surface area contributed by atoms with E-state index < -0.39 is 0 Å². The molecule has 1 aromatic rings. The first-order chi connectivity index (χ1) is 13.7. The summed E-state index contributed by atoms with van der Waals surface area (Å²) in [5, 5.41) is 3.30. The van der Waals surface area contributed by atoms with Gasteiger partial charge in [-0.1, -0.05) is 6.07 Å². The Bertz CT molecular complexity index is 652. The van der Waals surface area contributed by atoms with Crippen molar-refractivity contribution >= 4 is 35.6 Å². The lowest BCUT2D eigenvalue weighted by Gasteiger charge is -2.29. The van der Waals surface area contributed by atoms with Crippen molar-refractivity contribution in [3.8, 4) is 0 Å². The van der Waals surface area contributed by atoms with Crippen LogP contribution in [-0.4, -0.2) is 70.5 Å². The second-order valence-electron chi connectivity index (χ2n) is 7.50. The number of nitrogens with zero attached hydrogens (tertiary/aromatic N) is 3. The van der Waals surface area contributed by atoms with Crippen molar-refractivity contribution in [2.24, 2.45) is 10.9 Å². The minimum Gasteiger partial charge on any atom is -0.379 e. The zero-order chi connectivity index (χ0) is 19.8. The third kappa shape index (κ3) is 7.90. The van der Waals surface area contributed by atoms with Crippen LogP contribution >= 0.6 is 24.0 Å². The SMILES string of the molecule is CCNC(=NCc1ccc(N2CCOCC2)c(F)c1)N(C)CCOCC1CC1.I. The minimum absolute atomic E-state index is 0. The maximum absolute atomic E-state index is 14.6. The monoisotopic (exact) mass is 520 g/mol. The second-order valence-corrected chi connectivity index (χ2v) is 7.50. The molecule has 3 rings (SSSR count). The Labute approximate surface area is 190 Å². The number of anilines is 1. The predicted octanol–water partition coefficient (Wildman–Crippen LogP) is 3.10. The zero-order valence-corrected chi connectivity index (χ0v) is 19.9. The highest BCUT2D eigenvalue weighted by Gasteiger charge is 2.21. The predicted molar refractivity (Wildman–Crippen MR) is 126 cm³/mol. The van der Waals surface area contributed by atoms with Gasteiger partial charge in [0, 0.05) is 39.8 Å². The first kappa shape index (κ1) is 24.1. The van der Waals surface area contributed by atoms with E-state index >= 15 is 0 Å². The van der Waals surface area contributed by atoms with Crippen LogP contribution in [0.15, 0.2) is 23.2 Å². The Balaban J connectivity index is 0.00000300. The highest BCUT2D eigenvalue weighted by molar-refractivity contribution is 14.0. The lowest BCUT2D eigenvalue weighted by molar-refractivity contribution is 0.115. The molecule has 2 fully saturated rings. The number of guanidine groups is 1. The van der Waals surface area contributed by atoms with E-state index in [4.69, 9.17) is 9.47 Å². The molecular weight excluding hydrogens is 486 g/mol. The highest BCUT2D eigenvalue weighted by atomic mass is 127. The molecule has 0 bridgehead atoms. The van der Waals surface area contributed by atoms with Crippen molar-refractivity contribution in [3.63, 3.8) is 0 Å². The smallest absolute Gasteiger partial charge is 0.194 e. The molecule has 0 aromatic heterocycles. The maximum atomic E-state index is 14.6. The normalized spacial score (nSPS) is 17.1. The van der Waals surface area contributed by atoms with Gasteiger partial charge >= 0.3 is 0 Å². The van der Waals surface area contributed by atoms with Crippen LogP contribution in [0.25, 0.3) is 0 Å². The molecule has 1 heterocycles. The Hall–Kier alpha value is -1.13. The van der Waals surface area contributed by atoms with Crippen LogP contribution in [0, 0.1) is 11.7 Å². The molecule has 29 heavy (non-hydrogen) atoms. The summed E-state index contributed by atoms with van der Waals surface area (Å²) >= 11 is 0. The topological polar surface area (TPSA) is 49.3 Å². The van der Waals surface area contributed by atoms with Gasteiger partial charge in [-0.05, 0) is 43.4 Å². The molecule has 1 saturated heterocycles. The lowest BCUT2D eigenvalue weighted by atomic mass is 10.1. The summed E-state index contributed by atoms with van der Waals surface area (Å²) in [4.78, 5) is 8.77. The van der Waals surface area contributed by atoms with Gasteiger partial charge in [0.2, 0.25) is 0 Å². The number of ether oxygens (including phenoxy) is 2. The van der Waals surface area contributed by atoms with Gasteiger partial charge in [0.1, 0.15) is 5.82 Å². The van der Waals surface area contributed by atoms with E-state index in [9.17, 15) is 4.39 Å². The molecule has 1 aromatic carbocycles. The molecule has 8 heteroatoms. The van der Waals surface area contributed by atoms with Crippen molar-refractivity contribution in [2.75, 3.05) is 64.6 Å². The first-order valence-electron chi connectivity index (χ1n) is 10.4. The number of hydrogen-bond acceptors (Lipinski definition) is 4. The van der Waals surface area contributed by atoms with Crippen LogP contribution in [0.3, 0.4) is 0 Å². The van der Waals surface area contributed by atoms with Gasteiger partial charge in [-0.25, -0.2) is 9.38 Å². The largest absolute Gasteiger partial charge is 0.379 e. The number of halogens is 2. The van der Waals surface area contributed by atoms with Crippen molar-refractivity contribution in [3.05, 3.63) is 29.6 Å². The molecule has 0 radical (unpaired) electrons. The van der Waals surface area contributed by atoms with E-state index in [1.54, 1.807) is 6.07 Å². The fourth-order valence-electron chi connectivity index (χ4n) is 3.19. The van der Waals surface area contributed by atoms with E-state index in [0.717, 1.165) is 50.2 Å². The van der Waals surface area contributed by atoms with Crippen LogP contribution < -0.4 is 10.2 Å². The summed E-state index contributed by atoms with van der Waals surface area (Å²) in [6.07, 6.45) is 2.61. The molecule has 0 unspecified atom stereocenters. The average Bonchev–Trinajstić information content (AvgIpc) is 3.53. The Kier molecular flexibility index (Phi) is 10.4. The van der Waals surface area contributed by atoms with Gasteiger partial charge in [-0.15, -0.1) is 24.0 Å². The van der Waals surface area contributed by atoms with Gasteiger partial charge in [-0.3, -0.25) is 0 Å². The molecule has 1 aliphatic carbocycles. The summed E-state index contributed by atoms with van der Waals surface area (Å²) in [6.45, 7) is 8.37. The van der Waals surface area contributed by atoms with E-state index in [1.807, 2.05) is 31.0 Å². The van der Waals surface area contributed by atoms with Crippen molar-refractivity contribution < 1.29 is 13.9 Å². The highest BCUT2D eigenvalue weighted by Crippen LogP contribution is 2.28. The van der Waals surface area contributed by atoms with E-state index in [-0.39, 0.29) is 29.8 Å². The summed E-state index contributed by atoms with van der Waals surface area (Å²) in [7, 11) is 2.00. The van der Waals surface area contributed by atoms with Gasteiger partial charge in [0.15, 0.2) is 5.96 Å². The quantitative estimate of drug-likeness (QED) is 0.235. The third-order valence-electron chi connectivity index (χ3n) is 5.09. The molecule has 0 atom stereocenters. The van der Waals surface area contributed by atoms with Gasteiger partial charge < -0.3 is 24.6 Å². The summed E-state index contributed by atoms with van der Waals surface area (Å²) in [6, 6.07) is 5.41.